The number of carbonyl (C=O) groups is 2. The maximum absolute atomic E-state index is 11.8. The maximum atomic E-state index is 11.8. The minimum atomic E-state index is -0.263. The zero-order chi connectivity index (χ0) is 21.5. The zero-order valence-corrected chi connectivity index (χ0v) is 17.6. The summed E-state index contributed by atoms with van der Waals surface area (Å²) in [6.45, 7) is 7.17. The van der Waals surface area contributed by atoms with Gasteiger partial charge in [-0.15, -0.1) is 0 Å². The van der Waals surface area contributed by atoms with Crippen LogP contribution in [0, 0.1) is 0 Å². The number of anilines is 3. The molecule has 2 amide bonds. The van der Waals surface area contributed by atoms with Gasteiger partial charge in [-0.05, 0) is 30.2 Å². The summed E-state index contributed by atoms with van der Waals surface area (Å²) in [5.74, 6) is 0.866. The van der Waals surface area contributed by atoms with Crippen LogP contribution >= 0.6 is 11.6 Å². The molecule has 1 aromatic heterocycles. The molecule has 3 rings (SSSR count). The van der Waals surface area contributed by atoms with E-state index >= 15 is 0 Å². The number of hydrogen-bond donors (Lipinski definition) is 3. The molecule has 158 valence electrons. The highest BCUT2D eigenvalue weighted by atomic mass is 35.5. The number of nitrogens with zero attached hydrogens (tertiary/aromatic N) is 3. The van der Waals surface area contributed by atoms with E-state index < -0.39 is 0 Å². The van der Waals surface area contributed by atoms with E-state index in [1.807, 2.05) is 30.0 Å². The van der Waals surface area contributed by atoms with Crippen LogP contribution in [-0.4, -0.2) is 45.8 Å². The Kier molecular flexibility index (Phi) is 7.24. The molecule has 0 unspecified atom stereocenters. The monoisotopic (exact) mass is 428 g/mol. The van der Waals surface area contributed by atoms with Gasteiger partial charge in [0.2, 0.25) is 17.8 Å². The van der Waals surface area contributed by atoms with Gasteiger partial charge in [-0.2, -0.15) is 4.98 Å². The fraction of sp³-hybridized carbons (Fsp3) is 0.333. The molecule has 0 spiro atoms. The molecule has 9 heteroatoms. The fourth-order valence-electron chi connectivity index (χ4n) is 3.21. The van der Waals surface area contributed by atoms with E-state index in [-0.39, 0.29) is 17.9 Å². The summed E-state index contributed by atoms with van der Waals surface area (Å²) in [6, 6.07) is 7.56. The number of nitrogens with one attached hydrogen (secondary N) is 3. The van der Waals surface area contributed by atoms with Crippen molar-refractivity contribution in [3.8, 4) is 0 Å². The first kappa shape index (κ1) is 21.6. The minimum absolute atomic E-state index is 0.111. The average molecular weight is 429 g/mol. The molecular formula is C21H25ClN6O2. The Hall–Kier alpha value is -3.13. The highest BCUT2D eigenvalue weighted by molar-refractivity contribution is 6.32. The summed E-state index contributed by atoms with van der Waals surface area (Å²) in [7, 11) is 0. The number of rotatable bonds is 8. The quantitative estimate of drug-likeness (QED) is 0.558. The molecule has 30 heavy (non-hydrogen) atoms. The van der Waals surface area contributed by atoms with Crippen LogP contribution in [0.1, 0.15) is 25.3 Å². The van der Waals surface area contributed by atoms with E-state index in [1.54, 1.807) is 12.3 Å². The van der Waals surface area contributed by atoms with Crippen molar-refractivity contribution in [2.75, 3.05) is 29.0 Å². The Bertz CT molecular complexity index is 935. The van der Waals surface area contributed by atoms with E-state index in [0.717, 1.165) is 18.5 Å². The second-order valence-corrected chi connectivity index (χ2v) is 7.37. The van der Waals surface area contributed by atoms with Crippen LogP contribution in [-0.2, 0) is 16.1 Å². The summed E-state index contributed by atoms with van der Waals surface area (Å²) in [5, 5.41) is 9.63. The molecule has 1 saturated heterocycles. The maximum Gasteiger partial charge on any atom is 0.247 e. The molecule has 0 radical (unpaired) electrons. The van der Waals surface area contributed by atoms with Gasteiger partial charge in [0.1, 0.15) is 5.02 Å². The molecular weight excluding hydrogens is 404 g/mol. The fourth-order valence-corrected chi connectivity index (χ4v) is 3.37. The molecule has 3 N–H and O–H groups in total. The number of halogens is 1. The molecule has 0 bridgehead atoms. The second kappa shape index (κ2) is 10.1. The van der Waals surface area contributed by atoms with Gasteiger partial charge in [0.15, 0.2) is 5.82 Å². The molecule has 1 aliphatic rings. The van der Waals surface area contributed by atoms with Crippen molar-refractivity contribution in [3.05, 3.63) is 53.7 Å². The molecule has 2 aromatic rings. The van der Waals surface area contributed by atoms with E-state index in [0.29, 0.717) is 42.0 Å². The van der Waals surface area contributed by atoms with Crippen molar-refractivity contribution in [1.82, 2.24) is 14.9 Å². The van der Waals surface area contributed by atoms with Crippen molar-refractivity contribution in [1.29, 1.82) is 0 Å². The third-order valence-electron chi connectivity index (χ3n) is 4.76. The lowest BCUT2D eigenvalue weighted by molar-refractivity contribution is -0.129. The van der Waals surface area contributed by atoms with Gasteiger partial charge in [0, 0.05) is 37.8 Å². The van der Waals surface area contributed by atoms with Crippen LogP contribution in [0.15, 0.2) is 43.1 Å². The van der Waals surface area contributed by atoms with E-state index in [4.69, 9.17) is 11.6 Å². The standard InChI is InChI=1S/C21H25ClN6O2/c1-3-18(29)25-15-7-5-6-14(10-15)11-23-20-17(22)12-24-21(27-20)26-16-8-9-28(13-16)19(30)4-2/h3,5-7,10,12,16H,1,4,8-9,11,13H2,2H3,(H,25,29)(H2,23,24,26,27)/t16-/m0/s1. The van der Waals surface area contributed by atoms with Gasteiger partial charge in [0.05, 0.1) is 6.20 Å². The summed E-state index contributed by atoms with van der Waals surface area (Å²) < 4.78 is 0. The minimum Gasteiger partial charge on any atom is -0.365 e. The molecule has 0 saturated carbocycles. The highest BCUT2D eigenvalue weighted by Gasteiger charge is 2.25. The number of benzene rings is 1. The predicted octanol–water partition coefficient (Wildman–Crippen LogP) is 3.29. The summed E-state index contributed by atoms with van der Waals surface area (Å²) in [5.41, 5.74) is 1.63. The van der Waals surface area contributed by atoms with E-state index in [1.165, 1.54) is 6.08 Å². The first-order chi connectivity index (χ1) is 14.5. The Labute approximate surface area is 180 Å². The SMILES string of the molecule is C=CC(=O)Nc1cccc(CNc2nc(N[C@H]3CCN(C(=O)CC)C3)ncc2Cl)c1. The first-order valence-corrected chi connectivity index (χ1v) is 10.2. The van der Waals surface area contributed by atoms with Crippen LogP contribution < -0.4 is 16.0 Å². The predicted molar refractivity (Wildman–Crippen MR) is 119 cm³/mol. The molecule has 1 fully saturated rings. The van der Waals surface area contributed by atoms with E-state index in [2.05, 4.69) is 32.5 Å². The lowest BCUT2D eigenvalue weighted by atomic mass is 10.2. The van der Waals surface area contributed by atoms with Gasteiger partial charge in [0.25, 0.3) is 0 Å². The third kappa shape index (κ3) is 5.70. The van der Waals surface area contributed by atoms with Gasteiger partial charge >= 0.3 is 0 Å². The normalized spacial score (nSPS) is 15.5. The lowest BCUT2D eigenvalue weighted by Crippen LogP contribution is -2.31. The molecule has 1 aromatic carbocycles. The van der Waals surface area contributed by atoms with Gasteiger partial charge in [-0.25, -0.2) is 4.98 Å². The van der Waals surface area contributed by atoms with Crippen molar-refractivity contribution in [2.45, 2.75) is 32.4 Å². The number of carbonyl (C=O) groups excluding carboxylic acids is 2. The van der Waals surface area contributed by atoms with Crippen molar-refractivity contribution < 1.29 is 9.59 Å². The van der Waals surface area contributed by atoms with Crippen molar-refractivity contribution >= 4 is 40.9 Å². The Morgan fingerprint density at radius 2 is 2.23 bits per heavy atom. The molecule has 2 heterocycles. The largest absolute Gasteiger partial charge is 0.365 e. The van der Waals surface area contributed by atoms with Crippen molar-refractivity contribution in [2.24, 2.45) is 0 Å². The summed E-state index contributed by atoms with van der Waals surface area (Å²) >= 11 is 6.25. The summed E-state index contributed by atoms with van der Waals surface area (Å²) in [6.07, 6.45) is 4.13. The molecule has 8 nitrogen and oxygen atoms in total. The van der Waals surface area contributed by atoms with Crippen LogP contribution in [0.4, 0.5) is 17.5 Å². The highest BCUT2D eigenvalue weighted by Crippen LogP contribution is 2.22. The molecule has 1 aliphatic heterocycles. The lowest BCUT2D eigenvalue weighted by Gasteiger charge is -2.17. The zero-order valence-electron chi connectivity index (χ0n) is 16.8. The van der Waals surface area contributed by atoms with E-state index in [9.17, 15) is 9.59 Å². The van der Waals surface area contributed by atoms with Crippen LogP contribution in [0.3, 0.4) is 0 Å². The summed E-state index contributed by atoms with van der Waals surface area (Å²) in [4.78, 5) is 33.9. The van der Waals surface area contributed by atoms with Crippen LogP contribution in [0.5, 0.6) is 0 Å². The Morgan fingerprint density at radius 3 is 3.00 bits per heavy atom. The Morgan fingerprint density at radius 1 is 1.40 bits per heavy atom. The van der Waals surface area contributed by atoms with Crippen LogP contribution in [0.25, 0.3) is 0 Å². The smallest absolute Gasteiger partial charge is 0.247 e. The topological polar surface area (TPSA) is 99.2 Å². The second-order valence-electron chi connectivity index (χ2n) is 6.96. The number of likely N-dealkylation sites (tertiary alicyclic amines) is 1. The number of amides is 2. The van der Waals surface area contributed by atoms with Gasteiger partial charge in [-0.3, -0.25) is 9.59 Å². The van der Waals surface area contributed by atoms with Crippen LogP contribution in [0.2, 0.25) is 5.02 Å². The van der Waals surface area contributed by atoms with Crippen molar-refractivity contribution in [3.63, 3.8) is 0 Å². The van der Waals surface area contributed by atoms with Gasteiger partial charge < -0.3 is 20.9 Å². The number of aromatic nitrogens is 2. The van der Waals surface area contributed by atoms with Gasteiger partial charge in [-0.1, -0.05) is 37.2 Å². The number of hydrogen-bond acceptors (Lipinski definition) is 6. The Balaban J connectivity index is 1.61. The third-order valence-corrected chi connectivity index (χ3v) is 5.04. The molecule has 1 atom stereocenters. The first-order valence-electron chi connectivity index (χ1n) is 9.81. The average Bonchev–Trinajstić information content (AvgIpc) is 3.22. The molecule has 0 aliphatic carbocycles.